The summed E-state index contributed by atoms with van der Waals surface area (Å²) in [6, 6.07) is 10.7. The molecule has 0 heterocycles. The average Bonchev–Trinajstić information content (AvgIpc) is 3.09. The molecule has 0 aromatic heterocycles. The van der Waals surface area contributed by atoms with E-state index < -0.39 is 5.97 Å². The molecule has 0 aliphatic heterocycles. The van der Waals surface area contributed by atoms with E-state index in [9.17, 15) is 14.3 Å². The number of hydrogen-bond acceptors (Lipinski definition) is 3. The second kappa shape index (κ2) is 8.53. The van der Waals surface area contributed by atoms with Crippen LogP contribution in [0.4, 0.5) is 4.39 Å². The Morgan fingerprint density at radius 3 is 2.59 bits per heavy atom. The van der Waals surface area contributed by atoms with Crippen LogP contribution >= 0.6 is 0 Å². The number of aliphatic carboxylic acids is 1. The molecular weight excluding hydrogens is 345 g/mol. The Bertz CT molecular complexity index is 798. The highest BCUT2D eigenvalue weighted by Gasteiger charge is 2.32. The van der Waals surface area contributed by atoms with Crippen LogP contribution in [0.1, 0.15) is 41.5 Å². The molecule has 0 amide bonds. The largest absolute Gasteiger partial charge is 0.488 e. The van der Waals surface area contributed by atoms with Gasteiger partial charge in [0.25, 0.3) is 0 Å². The van der Waals surface area contributed by atoms with E-state index in [4.69, 9.17) is 4.74 Å². The van der Waals surface area contributed by atoms with Gasteiger partial charge in [-0.05, 0) is 49.4 Å². The Balaban J connectivity index is 1.64. The number of hydrogen-bond donors (Lipinski definition) is 2. The summed E-state index contributed by atoms with van der Waals surface area (Å²) in [4.78, 5) is 11.3. The summed E-state index contributed by atoms with van der Waals surface area (Å²) in [5.41, 5.74) is 3.61. The van der Waals surface area contributed by atoms with Crippen LogP contribution < -0.4 is 10.1 Å². The van der Waals surface area contributed by atoms with Crippen molar-refractivity contribution in [2.24, 2.45) is 5.92 Å². The molecule has 2 atom stereocenters. The van der Waals surface area contributed by atoms with Crippen molar-refractivity contribution < 1.29 is 19.0 Å². The third-order valence-corrected chi connectivity index (χ3v) is 5.25. The normalized spacial score (nSPS) is 19.2. The van der Waals surface area contributed by atoms with Gasteiger partial charge < -0.3 is 15.2 Å². The van der Waals surface area contributed by atoms with Gasteiger partial charge in [-0.3, -0.25) is 4.79 Å². The van der Waals surface area contributed by atoms with E-state index in [0.29, 0.717) is 12.1 Å². The fourth-order valence-electron chi connectivity index (χ4n) is 3.88. The van der Waals surface area contributed by atoms with Crippen LogP contribution in [-0.2, 0) is 17.9 Å². The fraction of sp³-hybridized carbons (Fsp3) is 0.409. The maximum atomic E-state index is 13.8. The molecule has 2 aromatic carbocycles. The minimum absolute atomic E-state index is 0.0279. The Labute approximate surface area is 159 Å². The first-order valence-electron chi connectivity index (χ1n) is 9.38. The number of carbonyl (C=O) groups is 1. The molecule has 1 fully saturated rings. The Morgan fingerprint density at radius 2 is 1.93 bits per heavy atom. The lowest BCUT2D eigenvalue weighted by Gasteiger charge is -2.19. The topological polar surface area (TPSA) is 58.6 Å². The zero-order chi connectivity index (χ0) is 19.4. The maximum Gasteiger partial charge on any atom is 0.308 e. The standard InChI is InChI=1S/C22H26FNO3/c1-14-10-16(12-24-20-9-5-7-18(20)22(25)26)11-15(2)21(14)27-13-17-6-3-4-8-19(17)23/h3-4,6,8,10-11,18,20,24H,5,7,9,12-13H2,1-2H3,(H,25,26)/t18-,20+/m1/s1. The molecule has 2 N–H and O–H groups in total. The highest BCUT2D eigenvalue weighted by atomic mass is 19.1. The van der Waals surface area contributed by atoms with Gasteiger partial charge >= 0.3 is 5.97 Å². The van der Waals surface area contributed by atoms with Gasteiger partial charge in [0.2, 0.25) is 0 Å². The predicted octanol–water partition coefficient (Wildman–Crippen LogP) is 4.36. The molecule has 0 bridgehead atoms. The van der Waals surface area contributed by atoms with E-state index in [2.05, 4.69) is 5.32 Å². The average molecular weight is 371 g/mol. The summed E-state index contributed by atoms with van der Waals surface area (Å²) in [7, 11) is 0. The van der Waals surface area contributed by atoms with Crippen LogP contribution in [0.3, 0.4) is 0 Å². The van der Waals surface area contributed by atoms with Gasteiger partial charge in [0.05, 0.1) is 5.92 Å². The zero-order valence-corrected chi connectivity index (χ0v) is 15.8. The first-order chi connectivity index (χ1) is 13.0. The summed E-state index contributed by atoms with van der Waals surface area (Å²) < 4.78 is 19.6. The van der Waals surface area contributed by atoms with Gasteiger partial charge in [-0.15, -0.1) is 0 Å². The van der Waals surface area contributed by atoms with Crippen molar-refractivity contribution in [2.75, 3.05) is 0 Å². The highest BCUT2D eigenvalue weighted by molar-refractivity contribution is 5.71. The van der Waals surface area contributed by atoms with E-state index >= 15 is 0 Å². The lowest BCUT2D eigenvalue weighted by atomic mass is 10.0. The summed E-state index contributed by atoms with van der Waals surface area (Å²) in [6.07, 6.45) is 2.60. The molecule has 27 heavy (non-hydrogen) atoms. The van der Waals surface area contributed by atoms with Crippen molar-refractivity contribution in [3.05, 3.63) is 64.5 Å². The number of ether oxygens (including phenoxy) is 1. The van der Waals surface area contributed by atoms with E-state index in [1.54, 1.807) is 18.2 Å². The molecule has 0 radical (unpaired) electrons. The third-order valence-electron chi connectivity index (χ3n) is 5.25. The lowest BCUT2D eigenvalue weighted by Crippen LogP contribution is -2.35. The molecule has 2 aromatic rings. The van der Waals surface area contributed by atoms with E-state index in [1.165, 1.54) is 6.07 Å². The molecule has 5 heteroatoms. The number of carboxylic acid groups (broad SMARTS) is 1. The highest BCUT2D eigenvalue weighted by Crippen LogP contribution is 2.28. The van der Waals surface area contributed by atoms with Gasteiger partial charge in [0.15, 0.2) is 0 Å². The smallest absolute Gasteiger partial charge is 0.308 e. The van der Waals surface area contributed by atoms with Crippen molar-refractivity contribution in [2.45, 2.75) is 52.3 Å². The van der Waals surface area contributed by atoms with Crippen LogP contribution in [0.2, 0.25) is 0 Å². The van der Waals surface area contributed by atoms with E-state index in [1.807, 2.05) is 26.0 Å². The number of carboxylic acids is 1. The third kappa shape index (κ3) is 4.66. The van der Waals surface area contributed by atoms with Crippen molar-refractivity contribution in [3.8, 4) is 5.75 Å². The molecule has 1 aliphatic carbocycles. The molecule has 0 spiro atoms. The summed E-state index contributed by atoms with van der Waals surface area (Å²) >= 11 is 0. The molecule has 0 saturated heterocycles. The zero-order valence-electron chi connectivity index (χ0n) is 15.8. The molecular formula is C22H26FNO3. The van der Waals surface area contributed by atoms with Gasteiger partial charge in [-0.2, -0.15) is 0 Å². The van der Waals surface area contributed by atoms with Gasteiger partial charge in [0, 0.05) is 18.2 Å². The van der Waals surface area contributed by atoms with E-state index in [0.717, 1.165) is 41.7 Å². The summed E-state index contributed by atoms with van der Waals surface area (Å²) in [5.74, 6) is -0.505. The number of nitrogens with one attached hydrogen (secondary N) is 1. The number of aryl methyl sites for hydroxylation is 2. The molecule has 3 rings (SSSR count). The van der Waals surface area contributed by atoms with Crippen molar-refractivity contribution >= 4 is 5.97 Å². The summed E-state index contributed by atoms with van der Waals surface area (Å²) in [6.45, 7) is 4.77. The van der Waals surface area contributed by atoms with Gasteiger partial charge in [-0.25, -0.2) is 4.39 Å². The van der Waals surface area contributed by atoms with Crippen LogP contribution in [-0.4, -0.2) is 17.1 Å². The number of rotatable bonds is 7. The SMILES string of the molecule is Cc1cc(CN[C@H]2CCC[C@H]2C(=O)O)cc(C)c1OCc1ccccc1F. The number of halogens is 1. The maximum absolute atomic E-state index is 13.8. The lowest BCUT2D eigenvalue weighted by molar-refractivity contribution is -0.142. The minimum Gasteiger partial charge on any atom is -0.488 e. The molecule has 144 valence electrons. The monoisotopic (exact) mass is 371 g/mol. The van der Waals surface area contributed by atoms with Gasteiger partial charge in [-0.1, -0.05) is 36.8 Å². The minimum atomic E-state index is -0.714. The number of benzene rings is 2. The fourth-order valence-corrected chi connectivity index (χ4v) is 3.88. The molecule has 1 saturated carbocycles. The predicted molar refractivity (Wildman–Crippen MR) is 102 cm³/mol. The van der Waals surface area contributed by atoms with Gasteiger partial charge in [0.1, 0.15) is 18.2 Å². The molecule has 0 unspecified atom stereocenters. The van der Waals surface area contributed by atoms with Crippen LogP contribution in [0, 0.1) is 25.6 Å². The Kier molecular flexibility index (Phi) is 6.11. The van der Waals surface area contributed by atoms with Crippen LogP contribution in [0.5, 0.6) is 5.75 Å². The quantitative estimate of drug-likeness (QED) is 0.759. The van der Waals surface area contributed by atoms with Crippen LogP contribution in [0.25, 0.3) is 0 Å². The molecule has 1 aliphatic rings. The van der Waals surface area contributed by atoms with E-state index in [-0.39, 0.29) is 24.4 Å². The van der Waals surface area contributed by atoms with Crippen LogP contribution in [0.15, 0.2) is 36.4 Å². The second-order valence-electron chi connectivity index (χ2n) is 7.30. The second-order valence-corrected chi connectivity index (χ2v) is 7.30. The summed E-state index contributed by atoms with van der Waals surface area (Å²) in [5, 5.41) is 12.7. The van der Waals surface area contributed by atoms with Crippen molar-refractivity contribution in [1.29, 1.82) is 0 Å². The Morgan fingerprint density at radius 1 is 1.22 bits per heavy atom. The van der Waals surface area contributed by atoms with Crippen molar-refractivity contribution in [3.63, 3.8) is 0 Å². The van der Waals surface area contributed by atoms with Crippen molar-refractivity contribution in [1.82, 2.24) is 5.32 Å². The Hall–Kier alpha value is -2.40. The molecule has 4 nitrogen and oxygen atoms in total. The first kappa shape index (κ1) is 19.4. The first-order valence-corrected chi connectivity index (χ1v) is 9.38.